The zero-order chi connectivity index (χ0) is 22.2. The number of sulfone groups is 1. The second kappa shape index (κ2) is 8.05. The number of aromatic nitrogens is 3. The van der Waals surface area contributed by atoms with E-state index in [1.54, 1.807) is 24.3 Å². The molecule has 1 aromatic heterocycles. The number of nitrogens with zero attached hydrogens (tertiary/aromatic N) is 3. The van der Waals surface area contributed by atoms with Crippen LogP contribution in [0.2, 0.25) is 0 Å². The Morgan fingerprint density at radius 2 is 1.55 bits per heavy atom. The maximum absolute atomic E-state index is 13.3. The van der Waals surface area contributed by atoms with Crippen molar-refractivity contribution < 1.29 is 22.7 Å². The Kier molecular flexibility index (Phi) is 5.42. The first kappa shape index (κ1) is 20.9. The fraction of sp³-hybridized carbons (Fsp3) is 0. The lowest BCUT2D eigenvalue weighted by molar-refractivity contribution is 0.0697. The molecule has 0 atom stereocenters. The Hall–Kier alpha value is -3.37. The Morgan fingerprint density at radius 3 is 2.13 bits per heavy atom. The summed E-state index contributed by atoms with van der Waals surface area (Å²) in [6, 6.07) is 17.1. The van der Waals surface area contributed by atoms with Crippen LogP contribution in [0.4, 0.5) is 4.39 Å². The fourth-order valence-corrected chi connectivity index (χ4v) is 4.54. The number of carboxylic acid groups (broad SMARTS) is 1. The Morgan fingerprint density at radius 1 is 0.935 bits per heavy atom. The van der Waals surface area contributed by atoms with Gasteiger partial charge < -0.3 is 5.11 Å². The Bertz CT molecular complexity index is 1370. The van der Waals surface area contributed by atoms with Crippen LogP contribution in [-0.4, -0.2) is 34.5 Å². The third-order valence-electron chi connectivity index (χ3n) is 4.49. The summed E-state index contributed by atoms with van der Waals surface area (Å²) in [6.45, 7) is 0. The quantitative estimate of drug-likeness (QED) is 0.407. The van der Waals surface area contributed by atoms with Gasteiger partial charge in [0.2, 0.25) is 14.9 Å². The third-order valence-corrected chi connectivity index (χ3v) is 6.70. The van der Waals surface area contributed by atoms with Gasteiger partial charge in [-0.15, -0.1) is 5.10 Å². The summed E-state index contributed by atoms with van der Waals surface area (Å²) in [7, 11) is -4.12. The van der Waals surface area contributed by atoms with Crippen LogP contribution in [0.25, 0.3) is 16.9 Å². The van der Waals surface area contributed by atoms with Gasteiger partial charge in [-0.1, -0.05) is 33.3 Å². The van der Waals surface area contributed by atoms with E-state index in [1.807, 2.05) is 0 Å². The van der Waals surface area contributed by atoms with Crippen molar-refractivity contribution in [1.29, 1.82) is 0 Å². The van der Waals surface area contributed by atoms with Crippen molar-refractivity contribution in [2.45, 2.75) is 9.92 Å². The summed E-state index contributed by atoms with van der Waals surface area (Å²) in [6.07, 6.45) is 0. The van der Waals surface area contributed by atoms with Gasteiger partial charge in [-0.05, 0) is 60.7 Å². The van der Waals surface area contributed by atoms with E-state index in [1.165, 1.54) is 28.9 Å². The van der Waals surface area contributed by atoms with Crippen LogP contribution in [0.1, 0.15) is 10.4 Å². The minimum Gasteiger partial charge on any atom is -0.478 e. The molecular weight excluding hydrogens is 489 g/mol. The third kappa shape index (κ3) is 3.99. The molecule has 10 heteroatoms. The van der Waals surface area contributed by atoms with Gasteiger partial charge in [-0.25, -0.2) is 22.3 Å². The van der Waals surface area contributed by atoms with Crippen molar-refractivity contribution >= 4 is 31.7 Å². The molecule has 156 valence electrons. The van der Waals surface area contributed by atoms with Crippen molar-refractivity contribution in [1.82, 2.24) is 15.0 Å². The van der Waals surface area contributed by atoms with Gasteiger partial charge in [0.05, 0.1) is 16.1 Å². The van der Waals surface area contributed by atoms with E-state index in [9.17, 15) is 17.6 Å². The van der Waals surface area contributed by atoms with Gasteiger partial charge in [0.1, 0.15) is 11.5 Å². The van der Waals surface area contributed by atoms with E-state index >= 15 is 0 Å². The standard InChI is InChI=1S/C21H13BrFN3O4S/c22-15-5-1-13(2-6-15)19-20(31(29,30)18-11-7-16(23)8-12-18)24-25-26(19)17-9-3-14(4-10-17)21(27)28/h1-12H,(H,27,28). The van der Waals surface area contributed by atoms with Crippen LogP contribution in [0.3, 0.4) is 0 Å². The number of aromatic carboxylic acids is 1. The fourth-order valence-electron chi connectivity index (χ4n) is 2.95. The molecular formula is C21H13BrFN3O4S. The molecule has 0 saturated heterocycles. The number of hydrogen-bond donors (Lipinski definition) is 1. The van der Waals surface area contributed by atoms with Gasteiger partial charge in [0.25, 0.3) is 0 Å². The molecule has 0 aliphatic carbocycles. The van der Waals surface area contributed by atoms with Crippen LogP contribution in [0.15, 0.2) is 87.2 Å². The van der Waals surface area contributed by atoms with Crippen molar-refractivity contribution in [2.75, 3.05) is 0 Å². The number of halogens is 2. The van der Waals surface area contributed by atoms with E-state index in [2.05, 4.69) is 26.2 Å². The van der Waals surface area contributed by atoms with Crippen LogP contribution >= 0.6 is 15.9 Å². The lowest BCUT2D eigenvalue weighted by atomic mass is 10.1. The van der Waals surface area contributed by atoms with E-state index in [0.717, 1.165) is 28.7 Å². The number of rotatable bonds is 5. The summed E-state index contributed by atoms with van der Waals surface area (Å²) in [5, 5.41) is 16.8. The normalized spacial score (nSPS) is 11.4. The van der Waals surface area contributed by atoms with Crippen molar-refractivity contribution in [2.24, 2.45) is 0 Å². The Balaban J connectivity index is 1.93. The maximum atomic E-state index is 13.3. The van der Waals surface area contributed by atoms with Crippen LogP contribution in [0.5, 0.6) is 0 Å². The second-order valence-electron chi connectivity index (χ2n) is 6.47. The molecule has 0 spiro atoms. The number of hydrogen-bond acceptors (Lipinski definition) is 5. The lowest BCUT2D eigenvalue weighted by Crippen LogP contribution is -2.06. The molecule has 0 saturated carbocycles. The Labute approximate surface area is 184 Å². The highest BCUT2D eigenvalue weighted by Gasteiger charge is 2.29. The summed E-state index contributed by atoms with van der Waals surface area (Å²) in [4.78, 5) is 11.0. The first-order chi connectivity index (χ1) is 14.8. The zero-order valence-corrected chi connectivity index (χ0v) is 18.0. The average molecular weight is 502 g/mol. The molecule has 0 radical (unpaired) electrons. The van der Waals surface area contributed by atoms with Crippen LogP contribution in [0, 0.1) is 5.82 Å². The molecule has 0 fully saturated rings. The predicted octanol–water partition coefficient (Wildman–Crippen LogP) is 4.37. The van der Waals surface area contributed by atoms with E-state index < -0.39 is 21.6 Å². The molecule has 1 N–H and O–H groups in total. The largest absolute Gasteiger partial charge is 0.478 e. The first-order valence-corrected chi connectivity index (χ1v) is 11.1. The summed E-state index contributed by atoms with van der Waals surface area (Å²) < 4.78 is 42.0. The highest BCUT2D eigenvalue weighted by molar-refractivity contribution is 9.10. The molecule has 3 aromatic carbocycles. The molecule has 0 aliphatic heterocycles. The monoisotopic (exact) mass is 501 g/mol. The number of benzene rings is 3. The zero-order valence-electron chi connectivity index (χ0n) is 15.6. The van der Waals surface area contributed by atoms with Crippen molar-refractivity contribution in [3.8, 4) is 16.9 Å². The summed E-state index contributed by atoms with van der Waals surface area (Å²) >= 11 is 3.35. The van der Waals surface area contributed by atoms with E-state index in [-0.39, 0.29) is 21.2 Å². The van der Waals surface area contributed by atoms with E-state index in [0.29, 0.717) is 11.3 Å². The topological polar surface area (TPSA) is 102 Å². The summed E-state index contributed by atoms with van der Waals surface area (Å²) in [5.74, 6) is -1.65. The van der Waals surface area contributed by atoms with Gasteiger partial charge in [-0.2, -0.15) is 0 Å². The minimum absolute atomic E-state index is 0.0771. The highest BCUT2D eigenvalue weighted by atomic mass is 79.9. The number of carboxylic acids is 1. The number of carbonyl (C=O) groups is 1. The van der Waals surface area contributed by atoms with Gasteiger partial charge in [0.15, 0.2) is 0 Å². The molecule has 4 aromatic rings. The van der Waals surface area contributed by atoms with E-state index in [4.69, 9.17) is 5.11 Å². The smallest absolute Gasteiger partial charge is 0.335 e. The molecule has 0 aliphatic rings. The van der Waals surface area contributed by atoms with Crippen LogP contribution < -0.4 is 0 Å². The molecule has 0 bridgehead atoms. The van der Waals surface area contributed by atoms with Gasteiger partial charge in [0, 0.05) is 10.0 Å². The second-order valence-corrected chi connectivity index (χ2v) is 9.25. The van der Waals surface area contributed by atoms with Crippen molar-refractivity contribution in [3.63, 3.8) is 0 Å². The first-order valence-electron chi connectivity index (χ1n) is 8.83. The molecule has 31 heavy (non-hydrogen) atoms. The maximum Gasteiger partial charge on any atom is 0.335 e. The summed E-state index contributed by atoms with van der Waals surface area (Å²) in [5.41, 5.74) is 1.22. The van der Waals surface area contributed by atoms with Gasteiger partial charge in [-0.3, -0.25) is 0 Å². The molecule has 0 unspecified atom stereocenters. The highest BCUT2D eigenvalue weighted by Crippen LogP contribution is 2.32. The van der Waals surface area contributed by atoms with Gasteiger partial charge >= 0.3 is 5.97 Å². The molecule has 0 amide bonds. The minimum atomic E-state index is -4.12. The average Bonchev–Trinajstić information content (AvgIpc) is 3.21. The SMILES string of the molecule is O=C(O)c1ccc(-n2nnc(S(=O)(=O)c3ccc(F)cc3)c2-c2ccc(Br)cc2)cc1. The predicted molar refractivity (Wildman–Crippen MR) is 113 cm³/mol. The van der Waals surface area contributed by atoms with Crippen LogP contribution in [-0.2, 0) is 9.84 Å². The molecule has 4 rings (SSSR count). The lowest BCUT2D eigenvalue weighted by Gasteiger charge is -2.10. The van der Waals surface area contributed by atoms with Crippen molar-refractivity contribution in [3.05, 3.63) is 88.6 Å². The molecule has 1 heterocycles. The molecule has 7 nitrogen and oxygen atoms in total.